The van der Waals surface area contributed by atoms with Crippen LogP contribution in [0.1, 0.15) is 6.92 Å². The van der Waals surface area contributed by atoms with Crippen molar-refractivity contribution in [2.24, 2.45) is 0 Å². The minimum Gasteiger partial charge on any atom is -0.546 e. The van der Waals surface area contributed by atoms with Crippen molar-refractivity contribution in [2.45, 2.75) is 13.0 Å². The van der Waals surface area contributed by atoms with Gasteiger partial charge in [0.2, 0.25) is 0 Å². The van der Waals surface area contributed by atoms with E-state index in [-0.39, 0.29) is 10.8 Å². The molecule has 1 unspecified atom stereocenters. The van der Waals surface area contributed by atoms with Crippen molar-refractivity contribution < 1.29 is 20.0 Å². The molecule has 0 fully saturated rings. The van der Waals surface area contributed by atoms with Crippen molar-refractivity contribution in [3.05, 3.63) is 28.2 Å². The highest BCUT2D eigenvalue weighted by atomic mass is 35.5. The normalized spacial score (nSPS) is 11.1. The minimum atomic E-state index is -1.30. The van der Waals surface area contributed by atoms with Crippen LogP contribution in [0.15, 0.2) is 18.2 Å². The van der Waals surface area contributed by atoms with Gasteiger partial charge in [0.25, 0.3) is 0 Å². The molecule has 2 N–H and O–H groups in total. The zero-order valence-corrected chi connectivity index (χ0v) is 11.4. The van der Waals surface area contributed by atoms with E-state index in [9.17, 15) is 9.90 Å². The largest absolute Gasteiger partial charge is 0.546 e. The number of carbonyl (C=O) groups excluding carboxylic acids is 1. The number of rotatable bonds is 3. The van der Waals surface area contributed by atoms with E-state index in [1.54, 1.807) is 6.07 Å². The Labute approximate surface area is 110 Å². The van der Waals surface area contributed by atoms with Crippen LogP contribution in [-0.4, -0.2) is 26.2 Å². The Morgan fingerprint density at radius 3 is 2.35 bits per heavy atom. The number of quaternary nitrogens is 1. The highest BCUT2D eigenvalue weighted by Gasteiger charge is 2.08. The summed E-state index contributed by atoms with van der Waals surface area (Å²) in [6, 6.07) is 4.54. The lowest BCUT2D eigenvalue weighted by atomic mass is 10.3. The minimum absolute atomic E-state index is 0.269. The first-order valence-electron chi connectivity index (χ1n) is 4.98. The number of nitrogens with two attached hydrogens (primary N) is 1. The number of aliphatic carboxylic acids is 1. The summed E-state index contributed by atoms with van der Waals surface area (Å²) in [5.41, 5.74) is 0. The molecular weight excluding hydrogens is 265 g/mol. The fourth-order valence-corrected chi connectivity index (χ4v) is 1.26. The zero-order chi connectivity index (χ0) is 13.4. The highest BCUT2D eigenvalue weighted by molar-refractivity contribution is 6.35. The smallest absolute Gasteiger partial charge is 0.138 e. The molecule has 1 atom stereocenters. The van der Waals surface area contributed by atoms with E-state index in [0.29, 0.717) is 5.02 Å². The molecule has 0 aliphatic heterocycles. The molecule has 0 saturated carbocycles. The number of carboxylic acid groups (broad SMARTS) is 1. The summed E-state index contributed by atoms with van der Waals surface area (Å²) in [5, 5.41) is 13.1. The molecule has 1 rings (SSSR count). The predicted octanol–water partition coefficient (Wildman–Crippen LogP) is 0.320. The number of hydrogen-bond acceptors (Lipinski definition) is 3. The quantitative estimate of drug-likeness (QED) is 0.867. The van der Waals surface area contributed by atoms with Crippen molar-refractivity contribution in [1.29, 1.82) is 0 Å². The number of benzene rings is 1. The molecule has 96 valence electrons. The van der Waals surface area contributed by atoms with E-state index in [4.69, 9.17) is 27.9 Å². The van der Waals surface area contributed by atoms with Gasteiger partial charge in [0, 0.05) is 5.02 Å². The van der Waals surface area contributed by atoms with Crippen LogP contribution in [0.3, 0.4) is 0 Å². The first-order valence-corrected chi connectivity index (χ1v) is 5.74. The van der Waals surface area contributed by atoms with E-state index in [1.807, 2.05) is 19.4 Å². The van der Waals surface area contributed by atoms with Crippen LogP contribution < -0.4 is 15.2 Å². The van der Waals surface area contributed by atoms with Gasteiger partial charge in [-0.3, -0.25) is 0 Å². The number of halogens is 2. The van der Waals surface area contributed by atoms with Crippen LogP contribution in [0.25, 0.3) is 0 Å². The van der Waals surface area contributed by atoms with Crippen LogP contribution in [0.4, 0.5) is 0 Å². The Balaban J connectivity index is 0.000000770. The molecule has 0 aromatic heterocycles. The average Bonchev–Trinajstić information content (AvgIpc) is 2.23. The van der Waals surface area contributed by atoms with Crippen molar-refractivity contribution in [2.75, 3.05) is 14.1 Å². The van der Waals surface area contributed by atoms with Gasteiger partial charge in [-0.25, -0.2) is 0 Å². The molecule has 0 spiro atoms. The summed E-state index contributed by atoms with van der Waals surface area (Å²) in [6.45, 7) is 1.36. The number of carbonyl (C=O) groups is 1. The summed E-state index contributed by atoms with van der Waals surface area (Å²) >= 11 is 11.4. The monoisotopic (exact) mass is 279 g/mol. The number of carboxylic acids is 1. The summed E-state index contributed by atoms with van der Waals surface area (Å²) in [4.78, 5) is 10.4. The Morgan fingerprint density at radius 1 is 1.41 bits per heavy atom. The van der Waals surface area contributed by atoms with Gasteiger partial charge < -0.3 is 20.0 Å². The topological polar surface area (TPSA) is 66.0 Å². The van der Waals surface area contributed by atoms with Crippen molar-refractivity contribution in [3.8, 4) is 5.75 Å². The Morgan fingerprint density at radius 2 is 1.94 bits per heavy atom. The fraction of sp³-hybridized carbons (Fsp3) is 0.364. The maximum Gasteiger partial charge on any atom is 0.138 e. The molecule has 0 saturated heterocycles. The van der Waals surface area contributed by atoms with Crippen LogP contribution in [0, 0.1) is 0 Å². The van der Waals surface area contributed by atoms with Crippen LogP contribution in [0.5, 0.6) is 5.75 Å². The van der Waals surface area contributed by atoms with Crippen LogP contribution in [-0.2, 0) is 4.79 Å². The SMILES string of the molecule is CC(Oc1ccc(Cl)cc1Cl)C(=O)[O-].C[NH2+]C. The summed E-state index contributed by atoms with van der Waals surface area (Å²) in [5.74, 6) is -1.02. The van der Waals surface area contributed by atoms with Crippen LogP contribution >= 0.6 is 23.2 Å². The molecule has 0 radical (unpaired) electrons. The number of ether oxygens (including phenoxy) is 1. The Kier molecular flexibility index (Phi) is 7.70. The maximum absolute atomic E-state index is 10.4. The van der Waals surface area contributed by atoms with Gasteiger partial charge in [0.1, 0.15) is 11.9 Å². The Bertz CT molecular complexity index is 372. The lowest BCUT2D eigenvalue weighted by Crippen LogP contribution is -2.74. The van der Waals surface area contributed by atoms with Gasteiger partial charge in [-0.1, -0.05) is 23.2 Å². The molecular formula is C11H15Cl2NO3. The van der Waals surface area contributed by atoms with Gasteiger partial charge >= 0.3 is 0 Å². The second-order valence-electron chi connectivity index (χ2n) is 3.23. The number of hydrogen-bond donors (Lipinski definition) is 1. The van der Waals surface area contributed by atoms with E-state index >= 15 is 0 Å². The van der Waals surface area contributed by atoms with Crippen molar-refractivity contribution in [3.63, 3.8) is 0 Å². The standard InChI is InChI=1S/C9H8Cl2O3.C2H7N/c1-5(9(12)13)14-8-3-2-6(10)4-7(8)11;1-3-2/h2-5H,1H3,(H,12,13);3H,1-2H3. The van der Waals surface area contributed by atoms with E-state index < -0.39 is 12.1 Å². The van der Waals surface area contributed by atoms with Gasteiger partial charge in [0.05, 0.1) is 25.1 Å². The van der Waals surface area contributed by atoms with Crippen molar-refractivity contribution in [1.82, 2.24) is 0 Å². The molecule has 4 nitrogen and oxygen atoms in total. The summed E-state index contributed by atoms with van der Waals surface area (Å²) < 4.78 is 5.01. The summed E-state index contributed by atoms with van der Waals surface area (Å²) in [7, 11) is 4.00. The molecule has 17 heavy (non-hydrogen) atoms. The van der Waals surface area contributed by atoms with Gasteiger partial charge in [-0.05, 0) is 25.1 Å². The first-order chi connectivity index (χ1) is 7.92. The highest BCUT2D eigenvalue weighted by Crippen LogP contribution is 2.28. The predicted molar refractivity (Wildman–Crippen MR) is 65.3 cm³/mol. The molecule has 0 amide bonds. The van der Waals surface area contributed by atoms with E-state index in [2.05, 4.69) is 0 Å². The van der Waals surface area contributed by atoms with Gasteiger partial charge in [-0.2, -0.15) is 0 Å². The second kappa shape index (κ2) is 8.17. The third-order valence-corrected chi connectivity index (χ3v) is 2.06. The molecule has 0 aliphatic carbocycles. The Hall–Kier alpha value is -0.970. The molecule has 0 aliphatic rings. The lowest BCUT2D eigenvalue weighted by Gasteiger charge is -2.16. The van der Waals surface area contributed by atoms with E-state index in [1.165, 1.54) is 19.1 Å². The zero-order valence-electron chi connectivity index (χ0n) is 9.87. The van der Waals surface area contributed by atoms with Gasteiger partial charge in [0.15, 0.2) is 0 Å². The van der Waals surface area contributed by atoms with Gasteiger partial charge in [-0.15, -0.1) is 0 Å². The van der Waals surface area contributed by atoms with Crippen molar-refractivity contribution >= 4 is 29.2 Å². The molecule has 6 heteroatoms. The molecule has 1 aromatic rings. The maximum atomic E-state index is 10.4. The molecule has 1 aromatic carbocycles. The van der Waals surface area contributed by atoms with Crippen LogP contribution in [0.2, 0.25) is 10.0 Å². The average molecular weight is 280 g/mol. The van der Waals surface area contributed by atoms with E-state index in [0.717, 1.165) is 0 Å². The summed E-state index contributed by atoms with van der Waals surface area (Å²) in [6.07, 6.45) is -1.05. The third-order valence-electron chi connectivity index (χ3n) is 1.53. The third kappa shape index (κ3) is 6.36. The molecule has 0 bridgehead atoms. The molecule has 0 heterocycles. The lowest BCUT2D eigenvalue weighted by molar-refractivity contribution is -0.597. The second-order valence-corrected chi connectivity index (χ2v) is 4.07. The first kappa shape index (κ1) is 16.0. The fourth-order valence-electron chi connectivity index (χ4n) is 0.809.